The smallest absolute Gasteiger partial charge is 0.0713 e. The largest absolute Gasteiger partial charge is 0.372 e. The van der Waals surface area contributed by atoms with Crippen LogP contribution in [0.25, 0.3) is 0 Å². The van der Waals surface area contributed by atoms with Gasteiger partial charge in [-0.25, -0.2) is 0 Å². The van der Waals surface area contributed by atoms with E-state index in [4.69, 9.17) is 4.74 Å². The second kappa shape index (κ2) is 8.13. The van der Waals surface area contributed by atoms with Gasteiger partial charge in [-0.2, -0.15) is 0 Å². The minimum atomic E-state index is 0.104. The van der Waals surface area contributed by atoms with Gasteiger partial charge in [0.15, 0.2) is 0 Å². The summed E-state index contributed by atoms with van der Waals surface area (Å²) in [5.74, 6) is 1.36. The molecule has 104 valence electrons. The van der Waals surface area contributed by atoms with E-state index in [1.165, 1.54) is 32.1 Å². The Labute approximate surface area is 109 Å². The summed E-state index contributed by atoms with van der Waals surface area (Å²) in [6.45, 7) is 15.9. The van der Waals surface area contributed by atoms with E-state index < -0.39 is 0 Å². The molecule has 2 unspecified atom stereocenters. The quantitative estimate of drug-likeness (QED) is 0.523. The Morgan fingerprint density at radius 1 is 1.00 bits per heavy atom. The molecular weight excluding hydrogens is 208 g/mol. The number of ether oxygens (including phenoxy) is 1. The first-order chi connectivity index (χ1) is 7.88. The topological polar surface area (TPSA) is 9.23 Å². The lowest BCUT2D eigenvalue weighted by Gasteiger charge is -2.42. The molecule has 1 heteroatoms. The molecule has 0 aromatic rings. The van der Waals surface area contributed by atoms with Crippen LogP contribution in [-0.4, -0.2) is 11.7 Å². The monoisotopic (exact) mass is 242 g/mol. The summed E-state index contributed by atoms with van der Waals surface area (Å²) in [4.78, 5) is 0. The lowest BCUT2D eigenvalue weighted by molar-refractivity contribution is -0.130. The first kappa shape index (κ1) is 17.0. The fourth-order valence-corrected chi connectivity index (χ4v) is 2.78. The highest BCUT2D eigenvalue weighted by Crippen LogP contribution is 2.37. The molecule has 0 rings (SSSR count). The van der Waals surface area contributed by atoms with Crippen molar-refractivity contribution in [1.29, 1.82) is 0 Å². The van der Waals surface area contributed by atoms with Gasteiger partial charge in [0, 0.05) is 0 Å². The van der Waals surface area contributed by atoms with Crippen molar-refractivity contribution in [1.82, 2.24) is 0 Å². The Morgan fingerprint density at radius 3 is 1.94 bits per heavy atom. The van der Waals surface area contributed by atoms with Crippen LogP contribution in [0.5, 0.6) is 0 Å². The molecule has 0 N–H and O–H groups in total. The summed E-state index contributed by atoms with van der Waals surface area (Å²) in [7, 11) is 0. The molecule has 0 aliphatic rings. The molecule has 1 nitrogen and oxygen atoms in total. The van der Waals surface area contributed by atoms with Crippen LogP contribution in [0.2, 0.25) is 0 Å². The van der Waals surface area contributed by atoms with Crippen LogP contribution < -0.4 is 0 Å². The molecule has 0 radical (unpaired) electrons. The van der Waals surface area contributed by atoms with Crippen LogP contribution in [0.15, 0.2) is 0 Å². The summed E-state index contributed by atoms with van der Waals surface area (Å²) in [5.41, 5.74) is 0.104. The Kier molecular flexibility index (Phi) is 8.11. The highest BCUT2D eigenvalue weighted by molar-refractivity contribution is 4.87. The maximum atomic E-state index is 6.40. The average molecular weight is 242 g/mol. The third-order valence-corrected chi connectivity index (χ3v) is 3.69. The summed E-state index contributed by atoms with van der Waals surface area (Å²) in [5, 5.41) is 0. The lowest BCUT2D eigenvalue weighted by Crippen LogP contribution is -2.42. The molecule has 0 aliphatic carbocycles. The van der Waals surface area contributed by atoms with Crippen molar-refractivity contribution in [2.75, 3.05) is 0 Å². The molecule has 17 heavy (non-hydrogen) atoms. The number of rotatable bonds is 9. The summed E-state index contributed by atoms with van der Waals surface area (Å²) in [6.07, 6.45) is 6.50. The van der Waals surface area contributed by atoms with Gasteiger partial charge in [0.25, 0.3) is 0 Å². The molecule has 0 saturated heterocycles. The zero-order valence-electron chi connectivity index (χ0n) is 13.2. The second-order valence-electron chi connectivity index (χ2n) is 6.24. The molecule has 0 fully saturated rings. The van der Waals surface area contributed by atoms with Gasteiger partial charge in [-0.05, 0) is 38.5 Å². The molecule has 0 saturated carbocycles. The Balaban J connectivity index is 4.90. The maximum absolute atomic E-state index is 6.40. The summed E-state index contributed by atoms with van der Waals surface area (Å²) in [6, 6.07) is 0. The van der Waals surface area contributed by atoms with Crippen LogP contribution in [-0.2, 0) is 4.74 Å². The molecule has 0 bridgehead atoms. The summed E-state index contributed by atoms with van der Waals surface area (Å²) >= 11 is 0. The van der Waals surface area contributed by atoms with Gasteiger partial charge in [-0.15, -0.1) is 0 Å². The van der Waals surface area contributed by atoms with Crippen molar-refractivity contribution in [2.45, 2.75) is 92.3 Å². The molecule has 0 spiro atoms. The minimum Gasteiger partial charge on any atom is -0.372 e. The van der Waals surface area contributed by atoms with Gasteiger partial charge < -0.3 is 4.74 Å². The van der Waals surface area contributed by atoms with E-state index in [2.05, 4.69) is 48.5 Å². The van der Waals surface area contributed by atoms with E-state index in [9.17, 15) is 0 Å². The van der Waals surface area contributed by atoms with Crippen LogP contribution in [0, 0.1) is 11.8 Å². The Hall–Kier alpha value is -0.0400. The first-order valence-electron chi connectivity index (χ1n) is 7.55. The molecule has 2 atom stereocenters. The van der Waals surface area contributed by atoms with Gasteiger partial charge in [-0.1, -0.05) is 53.9 Å². The molecule has 0 amide bonds. The molecular formula is C16H34O. The van der Waals surface area contributed by atoms with E-state index >= 15 is 0 Å². The van der Waals surface area contributed by atoms with Crippen molar-refractivity contribution in [3.63, 3.8) is 0 Å². The Bertz CT molecular complexity index is 174. The van der Waals surface area contributed by atoms with Crippen LogP contribution in [0.1, 0.15) is 80.6 Å². The fraction of sp³-hybridized carbons (Fsp3) is 1.00. The average Bonchev–Trinajstić information content (AvgIpc) is 2.23. The molecule has 0 aliphatic heterocycles. The minimum absolute atomic E-state index is 0.104. The highest BCUT2D eigenvalue weighted by Gasteiger charge is 2.37. The normalized spacial score (nSPS) is 17.5. The van der Waals surface area contributed by atoms with Gasteiger partial charge in [0.05, 0.1) is 11.7 Å². The number of hydrogen-bond donors (Lipinski definition) is 0. The predicted octanol–water partition coefficient (Wildman–Crippen LogP) is 5.43. The highest BCUT2D eigenvalue weighted by atomic mass is 16.5. The maximum Gasteiger partial charge on any atom is 0.0713 e. The van der Waals surface area contributed by atoms with Gasteiger partial charge in [0.1, 0.15) is 0 Å². The second-order valence-corrected chi connectivity index (χ2v) is 6.24. The van der Waals surface area contributed by atoms with Crippen LogP contribution in [0.4, 0.5) is 0 Å². The van der Waals surface area contributed by atoms with Crippen molar-refractivity contribution < 1.29 is 4.74 Å². The van der Waals surface area contributed by atoms with E-state index in [0.717, 1.165) is 0 Å². The zero-order valence-corrected chi connectivity index (χ0v) is 13.2. The molecule has 0 heterocycles. The SMILES string of the molecule is CCCCC(CC(C)C)(OC(C)C)C(C)CC. The van der Waals surface area contributed by atoms with Gasteiger partial charge in [0.2, 0.25) is 0 Å². The van der Waals surface area contributed by atoms with E-state index in [1.54, 1.807) is 0 Å². The van der Waals surface area contributed by atoms with Crippen molar-refractivity contribution >= 4 is 0 Å². The van der Waals surface area contributed by atoms with E-state index in [1.807, 2.05) is 0 Å². The fourth-order valence-electron chi connectivity index (χ4n) is 2.78. The molecule has 0 aromatic heterocycles. The van der Waals surface area contributed by atoms with Crippen molar-refractivity contribution in [2.24, 2.45) is 11.8 Å². The summed E-state index contributed by atoms with van der Waals surface area (Å²) < 4.78 is 6.40. The third kappa shape index (κ3) is 5.90. The predicted molar refractivity (Wildman–Crippen MR) is 77.4 cm³/mol. The first-order valence-corrected chi connectivity index (χ1v) is 7.55. The van der Waals surface area contributed by atoms with E-state index in [0.29, 0.717) is 17.9 Å². The van der Waals surface area contributed by atoms with Crippen LogP contribution in [0.3, 0.4) is 0 Å². The van der Waals surface area contributed by atoms with E-state index in [-0.39, 0.29) is 5.60 Å². The van der Waals surface area contributed by atoms with Crippen molar-refractivity contribution in [3.05, 3.63) is 0 Å². The lowest BCUT2D eigenvalue weighted by atomic mass is 9.76. The molecule has 0 aromatic carbocycles. The van der Waals surface area contributed by atoms with Crippen LogP contribution >= 0.6 is 0 Å². The third-order valence-electron chi connectivity index (χ3n) is 3.69. The Morgan fingerprint density at radius 2 is 1.59 bits per heavy atom. The zero-order chi connectivity index (χ0) is 13.5. The van der Waals surface area contributed by atoms with Gasteiger partial charge in [-0.3, -0.25) is 0 Å². The number of unbranched alkanes of at least 4 members (excludes halogenated alkanes) is 1. The number of hydrogen-bond acceptors (Lipinski definition) is 1. The van der Waals surface area contributed by atoms with Crippen molar-refractivity contribution in [3.8, 4) is 0 Å². The standard InChI is InChI=1S/C16H34O/c1-8-10-11-16(12-13(3)4,15(7)9-2)17-14(5)6/h13-15H,8-12H2,1-7H3. The van der Waals surface area contributed by atoms with Gasteiger partial charge >= 0.3 is 0 Å².